The van der Waals surface area contributed by atoms with E-state index in [1.807, 2.05) is 22.7 Å². The van der Waals surface area contributed by atoms with Crippen molar-refractivity contribution in [1.29, 1.82) is 0 Å². The maximum atomic E-state index is 15.3. The van der Waals surface area contributed by atoms with Gasteiger partial charge in [0.25, 0.3) is 0 Å². The molecule has 6 rings (SSSR count). The largest absolute Gasteiger partial charge is 0.379 e. The minimum atomic E-state index is -0.226. The highest BCUT2D eigenvalue weighted by Gasteiger charge is 2.40. The van der Waals surface area contributed by atoms with Crippen molar-refractivity contribution < 1.29 is 14.3 Å². The smallest absolute Gasteiger partial charge is 0.177 e. The summed E-state index contributed by atoms with van der Waals surface area (Å²) in [6, 6.07) is 9.70. The Kier molecular flexibility index (Phi) is 12.4. The summed E-state index contributed by atoms with van der Waals surface area (Å²) in [6.45, 7) is 25.9. The van der Waals surface area contributed by atoms with E-state index in [1.54, 1.807) is 0 Å². The number of carbonyl (C=O) groups is 1. The summed E-state index contributed by atoms with van der Waals surface area (Å²) < 4.78 is 11.2. The van der Waals surface area contributed by atoms with E-state index in [0.717, 1.165) is 118 Å². The highest BCUT2D eigenvalue weighted by atomic mass is 32.1. The van der Waals surface area contributed by atoms with Crippen LogP contribution in [0.4, 0.5) is 0 Å². The molecule has 0 aromatic carbocycles. The lowest BCUT2D eigenvalue weighted by Crippen LogP contribution is -2.54. The van der Waals surface area contributed by atoms with Gasteiger partial charge in [-0.05, 0) is 52.0 Å². The summed E-state index contributed by atoms with van der Waals surface area (Å²) in [5.74, 6) is 0.357. The number of nitrogens with zero attached hydrogens (tertiary/aromatic N) is 6. The fraction of sp³-hybridized carbons (Fsp3) is 0.743. The average Bonchev–Trinajstić information content (AvgIpc) is 3.72. The number of hydrogen-bond donors (Lipinski definition) is 0. The van der Waals surface area contributed by atoms with E-state index in [9.17, 15) is 0 Å². The van der Waals surface area contributed by atoms with Crippen LogP contribution in [-0.2, 0) is 27.4 Å². The Morgan fingerprint density at radius 3 is 1.26 bits per heavy atom. The van der Waals surface area contributed by atoms with Crippen LogP contribution in [0.15, 0.2) is 24.3 Å². The van der Waals surface area contributed by atoms with Crippen LogP contribution < -0.4 is 0 Å². The molecule has 11 heteroatoms. The molecule has 0 radical (unpaired) electrons. The van der Waals surface area contributed by atoms with Crippen molar-refractivity contribution in [3.63, 3.8) is 0 Å². The van der Waals surface area contributed by atoms with Crippen LogP contribution in [0.3, 0.4) is 0 Å². The van der Waals surface area contributed by atoms with Crippen LogP contribution in [0, 0.1) is 0 Å². The third kappa shape index (κ3) is 8.66. The van der Waals surface area contributed by atoms with Gasteiger partial charge in [0.05, 0.1) is 26.4 Å². The number of rotatable bonds is 12. The normalized spacial score (nSPS) is 23.8. The first-order chi connectivity index (χ1) is 22.4. The molecule has 4 aliphatic rings. The van der Waals surface area contributed by atoms with Gasteiger partial charge in [0.1, 0.15) is 12.1 Å². The number of hydrogen-bond acceptors (Lipinski definition) is 11. The van der Waals surface area contributed by atoms with Gasteiger partial charge in [0.15, 0.2) is 5.78 Å². The topological polar surface area (TPSA) is 55.0 Å². The molecular formula is C35H56N6O3S2. The molecule has 0 N–H and O–H groups in total. The van der Waals surface area contributed by atoms with E-state index in [1.165, 1.54) is 19.5 Å². The van der Waals surface area contributed by atoms with E-state index in [0.29, 0.717) is 17.9 Å². The first-order valence-corrected chi connectivity index (χ1v) is 19.3. The number of ketones is 1. The highest BCUT2D eigenvalue weighted by molar-refractivity contribution is 7.12. The Hall–Kier alpha value is -1.25. The van der Waals surface area contributed by atoms with Crippen molar-refractivity contribution in [3.8, 4) is 0 Å². The number of Topliss-reactive ketones (excluding diaryl/α,β-unsaturated/α-hetero) is 1. The maximum Gasteiger partial charge on any atom is 0.177 e. The Morgan fingerprint density at radius 2 is 0.913 bits per heavy atom. The van der Waals surface area contributed by atoms with Crippen molar-refractivity contribution in [2.24, 2.45) is 0 Å². The lowest BCUT2D eigenvalue weighted by Gasteiger charge is -2.43. The van der Waals surface area contributed by atoms with Crippen LogP contribution in [-0.4, -0.2) is 152 Å². The SMILES string of the molecule is CC(C)N1CCN(C(C(=O)C(c2ccc(CN3CCOCC3)s2)N2CCN(C(C)C)CC2)c2ccc(CN3CCOCC3)s2)CC1. The standard InChI is InChI=1S/C35H56N6O3S2/c1-27(2)38-9-13-40(14-10-38)33(31-7-5-29(45-31)25-36-17-21-43-22-18-36)35(42)34(41-15-11-39(12-16-41)28(3)4)32-8-6-30(46-32)26-37-19-23-44-24-20-37/h5-8,27-28,33-34H,9-26H2,1-4H3. The molecule has 0 spiro atoms. The predicted octanol–water partition coefficient (Wildman–Crippen LogP) is 3.88. The third-order valence-electron chi connectivity index (χ3n) is 10.3. The van der Waals surface area contributed by atoms with Gasteiger partial charge in [-0.15, -0.1) is 22.7 Å². The monoisotopic (exact) mass is 672 g/mol. The van der Waals surface area contributed by atoms with Gasteiger partial charge < -0.3 is 9.47 Å². The summed E-state index contributed by atoms with van der Waals surface area (Å²) >= 11 is 3.71. The van der Waals surface area contributed by atoms with Gasteiger partial charge >= 0.3 is 0 Å². The van der Waals surface area contributed by atoms with Gasteiger partial charge in [-0.2, -0.15) is 0 Å². The number of thiophene rings is 2. The summed E-state index contributed by atoms with van der Waals surface area (Å²) in [4.78, 5) is 35.5. The summed E-state index contributed by atoms with van der Waals surface area (Å²) in [5, 5.41) is 0. The number of carbonyl (C=O) groups excluding carboxylic acids is 1. The minimum absolute atomic E-state index is 0.226. The first-order valence-electron chi connectivity index (χ1n) is 17.6. The van der Waals surface area contributed by atoms with Crippen LogP contribution >= 0.6 is 22.7 Å². The zero-order chi connectivity index (χ0) is 32.0. The molecule has 4 aliphatic heterocycles. The number of ether oxygens (including phenoxy) is 2. The maximum absolute atomic E-state index is 15.3. The van der Waals surface area contributed by atoms with Crippen molar-refractivity contribution in [1.82, 2.24) is 29.4 Å². The van der Waals surface area contributed by atoms with Gasteiger partial charge in [0, 0.05) is 123 Å². The molecule has 2 unspecified atom stereocenters. The zero-order valence-electron chi connectivity index (χ0n) is 28.6. The number of morpholine rings is 2. The molecule has 2 aromatic rings. The Balaban J connectivity index is 1.28. The molecule has 2 aromatic heterocycles. The van der Waals surface area contributed by atoms with Crippen molar-refractivity contribution in [2.75, 3.05) is 105 Å². The number of piperazine rings is 2. The van der Waals surface area contributed by atoms with E-state index in [4.69, 9.17) is 9.47 Å². The summed E-state index contributed by atoms with van der Waals surface area (Å²) in [7, 11) is 0. The molecule has 2 atom stereocenters. The highest BCUT2D eigenvalue weighted by Crippen LogP contribution is 2.39. The molecule has 0 saturated carbocycles. The minimum Gasteiger partial charge on any atom is -0.379 e. The van der Waals surface area contributed by atoms with Gasteiger partial charge in [-0.3, -0.25) is 34.2 Å². The van der Waals surface area contributed by atoms with Crippen molar-refractivity contribution in [3.05, 3.63) is 43.8 Å². The second-order valence-corrected chi connectivity index (χ2v) is 16.3. The molecule has 4 saturated heterocycles. The van der Waals surface area contributed by atoms with Crippen LogP contribution in [0.25, 0.3) is 0 Å². The second kappa shape index (κ2) is 16.4. The van der Waals surface area contributed by atoms with Crippen LogP contribution in [0.1, 0.15) is 59.3 Å². The fourth-order valence-electron chi connectivity index (χ4n) is 7.39. The van der Waals surface area contributed by atoms with Gasteiger partial charge in [-0.1, -0.05) is 0 Å². The molecule has 9 nitrogen and oxygen atoms in total. The Labute approximate surface area is 285 Å². The second-order valence-electron chi connectivity index (χ2n) is 13.9. The summed E-state index contributed by atoms with van der Waals surface area (Å²) in [6.07, 6.45) is 0. The Morgan fingerprint density at radius 1 is 0.565 bits per heavy atom. The molecule has 0 aliphatic carbocycles. The molecule has 6 heterocycles. The van der Waals surface area contributed by atoms with E-state index in [-0.39, 0.29) is 12.1 Å². The molecule has 0 amide bonds. The predicted molar refractivity (Wildman–Crippen MR) is 188 cm³/mol. The quantitative estimate of drug-likeness (QED) is 0.335. The lowest BCUT2D eigenvalue weighted by atomic mass is 9.97. The molecule has 0 bridgehead atoms. The van der Waals surface area contributed by atoms with E-state index in [2.05, 4.69) is 81.4 Å². The van der Waals surface area contributed by atoms with E-state index >= 15 is 4.79 Å². The molecular weight excluding hydrogens is 617 g/mol. The van der Waals surface area contributed by atoms with Gasteiger partial charge in [-0.25, -0.2) is 0 Å². The molecule has 4 fully saturated rings. The lowest BCUT2D eigenvalue weighted by molar-refractivity contribution is -0.131. The van der Waals surface area contributed by atoms with Crippen molar-refractivity contribution in [2.45, 2.75) is 65.0 Å². The van der Waals surface area contributed by atoms with Crippen LogP contribution in [0.2, 0.25) is 0 Å². The fourth-order valence-corrected chi connectivity index (χ4v) is 9.78. The molecule has 46 heavy (non-hydrogen) atoms. The summed E-state index contributed by atoms with van der Waals surface area (Å²) in [5.41, 5.74) is 0. The van der Waals surface area contributed by atoms with Crippen LogP contribution in [0.5, 0.6) is 0 Å². The average molecular weight is 673 g/mol. The zero-order valence-corrected chi connectivity index (χ0v) is 30.2. The van der Waals surface area contributed by atoms with Crippen molar-refractivity contribution >= 4 is 28.5 Å². The first kappa shape index (κ1) is 34.6. The Bertz CT molecular complexity index is 1130. The third-order valence-corrected chi connectivity index (χ3v) is 12.5. The van der Waals surface area contributed by atoms with Gasteiger partial charge in [0.2, 0.25) is 0 Å². The van der Waals surface area contributed by atoms with E-state index < -0.39 is 0 Å². The molecule has 256 valence electrons.